The lowest BCUT2D eigenvalue weighted by Gasteiger charge is -2.48. The van der Waals surface area contributed by atoms with Gasteiger partial charge in [0.2, 0.25) is 53.4 Å². The number of aromatic hydroxyl groups is 3. The molecule has 7 heterocycles. The van der Waals surface area contributed by atoms with Crippen molar-refractivity contribution in [2.75, 3.05) is 13.7 Å². The fourth-order valence-electron chi connectivity index (χ4n) is 16.7. The highest BCUT2D eigenvalue weighted by molar-refractivity contribution is 6.32. The molecule has 7 aliphatic heterocycles. The standard InChI is InChI=1S/C87H99Cl3N10O25/c1-36(2)22-53(93-7)78(111)99-68-70(106)43-15-20-57(51(89)25-43)121-59-27-45-28-60(74(59)125-85-75(72(108)71(107)61(35-101)123-85)124-63-33-87(6,77(110)38(4)119-63)94-34-39-8-10-40(11-9-39)41-12-17-46(88)18-13-41)122-58-21-16-44(26-52(58)90)73(120-48-23-37(3)76(109)86(5,92)32-48)69-83(116)98-67(84(117)118)50-29-47(102)30-56(104)64(50)49-24-42(14-19-55(49)103)65(80(113)100-69)97-81(114)66(45)96-79(112)54(31-62(91)105)95-82(68)115/h8-21,24-30,36-38,48,53-54,61,63,65-73,75-77,85,93-94,101-104,106-110H,22-23,31-35,92H2,1-7H3,(H2,91,105)(H,95,115)(H,96,112)(H,97,114)(H,98,116)(H,99,111)(H,100,113)(H,117,118)/t37?,38?,48?,53-,54+,61?,63?,65-,66-,67+,68-,69+,70-,71?,72?,73-,75?,76?,77?,85?,86?,87?/m1/s1. The lowest BCUT2D eigenvalue weighted by atomic mass is 9.74. The number of aliphatic hydroxyl groups excluding tert-OH is 6. The van der Waals surface area contributed by atoms with Gasteiger partial charge in [-0.3, -0.25) is 33.6 Å². The van der Waals surface area contributed by atoms with Gasteiger partial charge in [-0.05, 0) is 165 Å². The molecule has 22 N–H and O–H groups in total. The second-order valence-corrected chi connectivity index (χ2v) is 34.5. The Balaban J connectivity index is 1.02. The lowest BCUT2D eigenvalue weighted by Crippen LogP contribution is -2.65. The SMILES string of the molecule is CN[C@H](CC(C)C)C(=O)N[C@H]1C(=O)N[C@@H](CC(N)=O)C(=O)N[C@H]2C(=O)N[C@H]3C(=O)N[C@H](C(=O)N[C@H](C(=O)O)c4cc(O)cc(O)c4-c4cc3ccc4O)[C@H](OC3CC(C)C(O)C(C)(N)C3)c3ccc(c(Cl)c3)Oc3cc2cc(c3OC2OC(CO)C(O)C(O)C2OC2CC(C)(NCc3ccc(-c4ccc(Cl)cc4)cc3)C(O)C(C)O2)Oc2ccc(cc2Cl)[C@H]1O. The molecule has 7 aromatic rings. The zero-order valence-electron chi connectivity index (χ0n) is 68.6. The van der Waals surface area contributed by atoms with Crippen molar-refractivity contribution in [3.05, 3.63) is 176 Å². The third kappa shape index (κ3) is 20.2. The summed E-state index contributed by atoms with van der Waals surface area (Å²) in [7, 11) is 1.48. The average Bonchev–Trinajstić information content (AvgIpc) is 0.617. The van der Waals surface area contributed by atoms with Crippen LogP contribution >= 0.6 is 34.8 Å². The maximum absolute atomic E-state index is 16.6. The third-order valence-electron chi connectivity index (χ3n) is 23.4. The fourth-order valence-corrected chi connectivity index (χ4v) is 17.3. The van der Waals surface area contributed by atoms with Gasteiger partial charge in [0.25, 0.3) is 0 Å². The largest absolute Gasteiger partial charge is 0.508 e. The molecule has 3 fully saturated rings. The second kappa shape index (κ2) is 37.9. The minimum absolute atomic E-state index is 0.0337. The van der Waals surface area contributed by atoms with Gasteiger partial charge in [-0.1, -0.05) is 110 Å². The van der Waals surface area contributed by atoms with Crippen LogP contribution in [-0.2, 0) is 63.8 Å². The molecule has 11 bridgehead atoms. The van der Waals surface area contributed by atoms with E-state index in [4.69, 9.17) is 79.4 Å². The van der Waals surface area contributed by atoms with Gasteiger partial charge in [0.1, 0.15) is 89.5 Å². The van der Waals surface area contributed by atoms with Crippen LogP contribution in [0, 0.1) is 11.8 Å². The van der Waals surface area contributed by atoms with Gasteiger partial charge in [-0.2, -0.15) is 0 Å². The lowest BCUT2D eigenvalue weighted by molar-refractivity contribution is -0.334. The van der Waals surface area contributed by atoms with Crippen LogP contribution in [0.1, 0.15) is 137 Å². The maximum atomic E-state index is 16.6. The van der Waals surface area contributed by atoms with E-state index in [1.165, 1.54) is 37.4 Å². The Morgan fingerprint density at radius 2 is 1.27 bits per heavy atom. The number of halogens is 3. The first-order valence-corrected chi connectivity index (χ1v) is 41.5. The first-order chi connectivity index (χ1) is 59.2. The van der Waals surface area contributed by atoms with Crippen LogP contribution in [0.3, 0.4) is 0 Å². The highest BCUT2D eigenvalue weighted by atomic mass is 35.5. The molecule has 2 saturated heterocycles. The molecule has 22 atom stereocenters. The number of fused-ring (bicyclic) bond motifs is 15. The Hall–Kier alpha value is -10.6. The first kappa shape index (κ1) is 92.1. The number of amides is 7. The highest BCUT2D eigenvalue weighted by Gasteiger charge is 2.53. The molecule has 0 aromatic heterocycles. The number of benzene rings is 7. The van der Waals surface area contributed by atoms with E-state index in [9.17, 15) is 65.4 Å². The van der Waals surface area contributed by atoms with Crippen LogP contribution in [0.15, 0.2) is 127 Å². The van der Waals surface area contributed by atoms with E-state index in [-0.39, 0.29) is 71.4 Å². The molecule has 35 nitrogen and oxygen atoms in total. The van der Waals surface area contributed by atoms with Crippen molar-refractivity contribution < 1.29 is 123 Å². The molecule has 1 aliphatic carbocycles. The topological polar surface area (TPSA) is 552 Å². The monoisotopic (exact) mass is 1790 g/mol. The Morgan fingerprint density at radius 3 is 1.89 bits per heavy atom. The summed E-state index contributed by atoms with van der Waals surface area (Å²) < 4.78 is 47.0. The Kier molecular flexibility index (Phi) is 28.0. The van der Waals surface area contributed by atoms with E-state index in [1.54, 1.807) is 39.8 Å². The van der Waals surface area contributed by atoms with E-state index in [0.29, 0.717) is 5.02 Å². The summed E-state index contributed by atoms with van der Waals surface area (Å²) in [5.74, 6) is -16.4. The van der Waals surface area contributed by atoms with Crippen molar-refractivity contribution in [1.82, 2.24) is 42.5 Å². The zero-order chi connectivity index (χ0) is 90.3. The van der Waals surface area contributed by atoms with E-state index in [2.05, 4.69) is 42.5 Å². The van der Waals surface area contributed by atoms with Gasteiger partial charge >= 0.3 is 5.97 Å². The summed E-state index contributed by atoms with van der Waals surface area (Å²) in [6.45, 7) is 9.40. The number of aliphatic hydroxyl groups is 6. The third-order valence-corrected chi connectivity index (χ3v) is 24.2. The van der Waals surface area contributed by atoms with Crippen molar-refractivity contribution >= 4 is 82.1 Å². The summed E-state index contributed by atoms with van der Waals surface area (Å²) in [4.78, 5) is 121. The maximum Gasteiger partial charge on any atom is 0.330 e. The quantitative estimate of drug-likeness (QED) is 0.0497. The minimum Gasteiger partial charge on any atom is -0.508 e. The van der Waals surface area contributed by atoms with Crippen LogP contribution in [0.2, 0.25) is 15.1 Å². The predicted molar refractivity (Wildman–Crippen MR) is 448 cm³/mol. The van der Waals surface area contributed by atoms with Gasteiger partial charge in [-0.15, -0.1) is 0 Å². The molecular weight excluding hydrogens is 1690 g/mol. The number of phenolic OH excluding ortho intramolecular Hbond substituents is 3. The molecule has 8 aliphatic rings. The summed E-state index contributed by atoms with van der Waals surface area (Å²) in [5.41, 5.74) is 10.0. The summed E-state index contributed by atoms with van der Waals surface area (Å²) in [5, 5.41) is 138. The summed E-state index contributed by atoms with van der Waals surface area (Å²) in [6, 6.07) is 15.0. The molecule has 1 saturated carbocycles. The van der Waals surface area contributed by atoms with Crippen LogP contribution in [0.25, 0.3) is 22.3 Å². The Morgan fingerprint density at radius 1 is 0.656 bits per heavy atom. The second-order valence-electron chi connectivity index (χ2n) is 33.3. The number of ether oxygens (including phenoxy) is 7. The van der Waals surface area contributed by atoms with Gasteiger partial charge in [0, 0.05) is 51.8 Å². The van der Waals surface area contributed by atoms with E-state index in [1.807, 2.05) is 50.2 Å². The van der Waals surface area contributed by atoms with Crippen molar-refractivity contribution in [3.63, 3.8) is 0 Å². The molecule has 38 heteroatoms. The number of hydrogen-bond acceptors (Lipinski definition) is 27. The van der Waals surface area contributed by atoms with E-state index < -0.39 is 255 Å². The molecule has 7 aromatic carbocycles. The molecule has 7 amide bonds. The van der Waals surface area contributed by atoms with Crippen LogP contribution in [-0.4, -0.2) is 209 Å². The molecule has 15 rings (SSSR count). The normalized spacial score (nSPS) is 29.7. The van der Waals surface area contributed by atoms with Gasteiger partial charge in [0.15, 0.2) is 29.9 Å². The summed E-state index contributed by atoms with van der Waals surface area (Å²) in [6.07, 6.45) is -20.7. The fraction of sp³-hybridized carbons (Fsp3) is 0.425. The van der Waals surface area contributed by atoms with Crippen molar-refractivity contribution in [2.45, 2.75) is 207 Å². The smallest absolute Gasteiger partial charge is 0.330 e. The number of rotatable bonds is 19. The number of likely N-dealkylation sites (N-methyl/N-ethyl adjacent to an activating group) is 1. The van der Waals surface area contributed by atoms with Crippen molar-refractivity contribution in [3.8, 4) is 68.2 Å². The minimum atomic E-state index is -2.38. The number of aliphatic carboxylic acids is 1. The highest BCUT2D eigenvalue weighted by Crippen LogP contribution is 2.51. The summed E-state index contributed by atoms with van der Waals surface area (Å²) >= 11 is 20.9. The van der Waals surface area contributed by atoms with Crippen molar-refractivity contribution in [1.29, 1.82) is 0 Å². The van der Waals surface area contributed by atoms with Crippen LogP contribution in [0.4, 0.5) is 0 Å². The number of carbonyl (C=O) groups is 8. The number of carboxylic acid groups (broad SMARTS) is 1. The van der Waals surface area contributed by atoms with E-state index >= 15 is 24.0 Å². The molecule has 668 valence electrons. The number of carbonyl (C=O) groups excluding carboxylic acids is 7. The Labute approximate surface area is 731 Å². The zero-order valence-corrected chi connectivity index (χ0v) is 70.9. The number of nitrogens with two attached hydrogens (primary N) is 2. The number of nitrogens with one attached hydrogen (secondary N) is 8. The predicted octanol–water partition coefficient (Wildman–Crippen LogP) is 5.16. The first-order valence-electron chi connectivity index (χ1n) is 40.4. The average molecular weight is 1790 g/mol. The molecule has 0 radical (unpaired) electrons. The number of phenols is 3. The molecular formula is C87H99Cl3N10O25. The number of hydrogen-bond donors (Lipinski definition) is 20. The van der Waals surface area contributed by atoms with E-state index in [0.717, 1.165) is 65.2 Å². The van der Waals surface area contributed by atoms with Crippen LogP contribution < -0.4 is 68.2 Å². The van der Waals surface area contributed by atoms with Gasteiger partial charge in [-0.25, -0.2) is 4.79 Å². The van der Waals surface area contributed by atoms with Gasteiger partial charge < -0.3 is 138 Å². The van der Waals surface area contributed by atoms with Crippen molar-refractivity contribution in [2.24, 2.45) is 23.3 Å². The number of primary amides is 1. The molecule has 125 heavy (non-hydrogen) atoms. The molecule has 0 spiro atoms. The Bertz CT molecular complexity index is 5250. The molecule has 13 unspecified atom stereocenters. The van der Waals surface area contributed by atoms with Crippen LogP contribution in [0.5, 0.6) is 46.0 Å². The number of carboxylic acids is 1. The van der Waals surface area contributed by atoms with Gasteiger partial charge in [0.05, 0.1) is 53.5 Å².